The number of amides is 3. The quantitative estimate of drug-likeness (QED) is 0.563. The van der Waals surface area contributed by atoms with Gasteiger partial charge in [0, 0.05) is 12.1 Å². The first-order chi connectivity index (χ1) is 11.0. The summed E-state index contributed by atoms with van der Waals surface area (Å²) >= 11 is 0. The Morgan fingerprint density at radius 1 is 1.22 bits per heavy atom. The van der Waals surface area contributed by atoms with Gasteiger partial charge in [0.25, 0.3) is 5.91 Å². The normalized spacial score (nSPS) is 11.0. The van der Waals surface area contributed by atoms with Crippen LogP contribution in [0.15, 0.2) is 24.3 Å². The van der Waals surface area contributed by atoms with Crippen LogP contribution in [0, 0.1) is 0 Å². The number of benzene rings is 1. The first kappa shape index (κ1) is 18.1. The molecule has 124 valence electrons. The van der Waals surface area contributed by atoms with Crippen molar-refractivity contribution in [3.05, 3.63) is 29.8 Å². The van der Waals surface area contributed by atoms with E-state index in [2.05, 4.69) is 5.32 Å². The second-order valence-corrected chi connectivity index (χ2v) is 4.46. The average molecular weight is 322 g/mol. The van der Waals surface area contributed by atoms with Crippen LogP contribution in [0.4, 0.5) is 4.79 Å². The second kappa shape index (κ2) is 9.19. The molecule has 0 saturated carbocycles. The number of rotatable bonds is 7. The van der Waals surface area contributed by atoms with E-state index < -0.39 is 30.6 Å². The minimum Gasteiger partial charge on any atom is -0.482 e. The van der Waals surface area contributed by atoms with Gasteiger partial charge in [-0.3, -0.25) is 14.9 Å². The molecule has 0 spiro atoms. The lowest BCUT2D eigenvalue weighted by Gasteiger charge is -2.13. The fourth-order valence-corrected chi connectivity index (χ4v) is 1.49. The lowest BCUT2D eigenvalue weighted by molar-refractivity contribution is -0.156. The Balaban J connectivity index is 2.38. The maximum Gasteiger partial charge on any atom is 0.344 e. The van der Waals surface area contributed by atoms with E-state index in [-0.39, 0.29) is 0 Å². The first-order valence-corrected chi connectivity index (χ1v) is 6.92. The second-order valence-electron chi connectivity index (χ2n) is 4.46. The van der Waals surface area contributed by atoms with Gasteiger partial charge in [-0.25, -0.2) is 9.59 Å². The molecule has 8 heteroatoms. The molecule has 0 aliphatic carbocycles. The number of nitrogens with one attached hydrogen (secondary N) is 2. The van der Waals surface area contributed by atoms with E-state index in [1.54, 1.807) is 6.92 Å². The smallest absolute Gasteiger partial charge is 0.344 e. The van der Waals surface area contributed by atoms with Crippen molar-refractivity contribution in [3.8, 4) is 5.75 Å². The highest BCUT2D eigenvalue weighted by atomic mass is 16.6. The maximum atomic E-state index is 11.6. The molecule has 0 bridgehead atoms. The lowest BCUT2D eigenvalue weighted by Crippen LogP contribution is -2.44. The number of urea groups is 1. The van der Waals surface area contributed by atoms with Gasteiger partial charge in [-0.1, -0.05) is 0 Å². The largest absolute Gasteiger partial charge is 0.482 e. The highest BCUT2D eigenvalue weighted by Crippen LogP contribution is 2.11. The molecule has 0 aliphatic heterocycles. The van der Waals surface area contributed by atoms with Gasteiger partial charge in [-0.2, -0.15) is 0 Å². The van der Waals surface area contributed by atoms with Crippen molar-refractivity contribution in [1.29, 1.82) is 0 Å². The SMILES string of the molecule is CCNC(=O)NC(=O)[C@@H](C)OC(=O)COc1ccc(C=O)cc1. The number of aldehydes is 1. The highest BCUT2D eigenvalue weighted by Gasteiger charge is 2.19. The van der Waals surface area contributed by atoms with Crippen molar-refractivity contribution in [1.82, 2.24) is 10.6 Å². The minimum atomic E-state index is -1.13. The number of hydrogen-bond donors (Lipinski definition) is 2. The molecule has 0 fully saturated rings. The van der Waals surface area contributed by atoms with Gasteiger partial charge in [0.2, 0.25) is 0 Å². The van der Waals surface area contributed by atoms with Crippen molar-refractivity contribution < 1.29 is 28.7 Å². The molecular weight excluding hydrogens is 304 g/mol. The van der Waals surface area contributed by atoms with Gasteiger partial charge >= 0.3 is 12.0 Å². The zero-order valence-electron chi connectivity index (χ0n) is 12.8. The van der Waals surface area contributed by atoms with E-state index in [1.165, 1.54) is 31.2 Å². The summed E-state index contributed by atoms with van der Waals surface area (Å²) < 4.78 is 10.0. The first-order valence-electron chi connectivity index (χ1n) is 6.92. The topological polar surface area (TPSA) is 111 Å². The summed E-state index contributed by atoms with van der Waals surface area (Å²) in [6.07, 6.45) is -0.446. The molecule has 0 aliphatic rings. The minimum absolute atomic E-state index is 0.365. The number of imide groups is 1. The van der Waals surface area contributed by atoms with E-state index in [0.717, 1.165) is 0 Å². The zero-order chi connectivity index (χ0) is 17.2. The molecule has 8 nitrogen and oxygen atoms in total. The maximum absolute atomic E-state index is 11.6. The fourth-order valence-electron chi connectivity index (χ4n) is 1.49. The van der Waals surface area contributed by atoms with E-state index >= 15 is 0 Å². The third kappa shape index (κ3) is 6.60. The number of carbonyl (C=O) groups is 4. The third-order valence-corrected chi connectivity index (χ3v) is 2.62. The number of ether oxygens (including phenoxy) is 2. The van der Waals surface area contributed by atoms with Gasteiger partial charge in [0.1, 0.15) is 12.0 Å². The Kier molecular flexibility index (Phi) is 7.25. The summed E-state index contributed by atoms with van der Waals surface area (Å²) in [6, 6.07) is 5.48. The molecule has 0 saturated heterocycles. The number of esters is 1. The van der Waals surface area contributed by atoms with Crippen LogP contribution in [0.3, 0.4) is 0 Å². The molecule has 0 aromatic heterocycles. The van der Waals surface area contributed by atoms with Gasteiger partial charge in [0.15, 0.2) is 12.7 Å². The van der Waals surface area contributed by atoms with Crippen LogP contribution in [-0.4, -0.2) is 43.4 Å². The van der Waals surface area contributed by atoms with Crippen molar-refractivity contribution in [2.75, 3.05) is 13.2 Å². The van der Waals surface area contributed by atoms with Crippen molar-refractivity contribution in [2.24, 2.45) is 0 Å². The van der Waals surface area contributed by atoms with E-state index in [1.807, 2.05) is 5.32 Å². The molecular formula is C15H18N2O6. The fraction of sp³-hybridized carbons (Fsp3) is 0.333. The van der Waals surface area contributed by atoms with Crippen LogP contribution in [0.5, 0.6) is 5.75 Å². The summed E-state index contributed by atoms with van der Waals surface area (Å²) in [7, 11) is 0. The Morgan fingerprint density at radius 2 is 1.87 bits per heavy atom. The summed E-state index contributed by atoms with van der Waals surface area (Å²) in [6.45, 7) is 3.00. The van der Waals surface area contributed by atoms with Crippen molar-refractivity contribution in [3.63, 3.8) is 0 Å². The van der Waals surface area contributed by atoms with Gasteiger partial charge in [0.05, 0.1) is 0 Å². The number of hydrogen-bond acceptors (Lipinski definition) is 6. The summed E-state index contributed by atoms with van der Waals surface area (Å²) in [5, 5.41) is 4.41. The van der Waals surface area contributed by atoms with Crippen molar-refractivity contribution in [2.45, 2.75) is 20.0 Å². The molecule has 23 heavy (non-hydrogen) atoms. The summed E-state index contributed by atoms with van der Waals surface area (Å²) in [5.41, 5.74) is 0.482. The Labute approximate surface area is 133 Å². The third-order valence-electron chi connectivity index (χ3n) is 2.62. The van der Waals surface area contributed by atoms with Gasteiger partial charge in [-0.05, 0) is 38.1 Å². The molecule has 3 amide bonds. The van der Waals surface area contributed by atoms with E-state index in [4.69, 9.17) is 9.47 Å². The van der Waals surface area contributed by atoms with Crippen LogP contribution in [0.2, 0.25) is 0 Å². The molecule has 1 aromatic rings. The predicted molar refractivity (Wildman–Crippen MR) is 80.1 cm³/mol. The van der Waals surface area contributed by atoms with Crippen LogP contribution in [0.1, 0.15) is 24.2 Å². The average Bonchev–Trinajstić information content (AvgIpc) is 2.53. The van der Waals surface area contributed by atoms with E-state index in [0.29, 0.717) is 24.1 Å². The molecule has 0 heterocycles. The molecule has 0 radical (unpaired) electrons. The highest BCUT2D eigenvalue weighted by molar-refractivity contribution is 5.97. The van der Waals surface area contributed by atoms with Crippen LogP contribution in [-0.2, 0) is 14.3 Å². The Bertz CT molecular complexity index is 570. The Morgan fingerprint density at radius 3 is 2.43 bits per heavy atom. The van der Waals surface area contributed by atoms with Crippen LogP contribution >= 0.6 is 0 Å². The lowest BCUT2D eigenvalue weighted by atomic mass is 10.2. The standard InChI is InChI=1S/C15H18N2O6/c1-3-16-15(21)17-14(20)10(2)23-13(19)9-22-12-6-4-11(8-18)5-7-12/h4-8,10H,3,9H2,1-2H3,(H2,16,17,20,21)/t10-/m1/s1. The van der Waals surface area contributed by atoms with Crippen LogP contribution < -0.4 is 15.4 Å². The van der Waals surface area contributed by atoms with Crippen LogP contribution in [0.25, 0.3) is 0 Å². The zero-order valence-corrected chi connectivity index (χ0v) is 12.8. The molecule has 1 rings (SSSR count). The Hall–Kier alpha value is -2.90. The summed E-state index contributed by atoms with van der Waals surface area (Å²) in [4.78, 5) is 44.8. The summed E-state index contributed by atoms with van der Waals surface area (Å²) in [5.74, 6) is -1.12. The number of carbonyl (C=O) groups excluding carboxylic acids is 4. The monoisotopic (exact) mass is 322 g/mol. The van der Waals surface area contributed by atoms with Gasteiger partial charge < -0.3 is 14.8 Å². The molecule has 1 atom stereocenters. The molecule has 0 unspecified atom stereocenters. The molecule has 2 N–H and O–H groups in total. The predicted octanol–water partition coefficient (Wildman–Crippen LogP) is 0.655. The van der Waals surface area contributed by atoms with E-state index in [9.17, 15) is 19.2 Å². The van der Waals surface area contributed by atoms with Crippen molar-refractivity contribution >= 4 is 24.2 Å². The molecule has 1 aromatic carbocycles. The van der Waals surface area contributed by atoms with Gasteiger partial charge in [-0.15, -0.1) is 0 Å².